The van der Waals surface area contributed by atoms with Gasteiger partial charge in [0.25, 0.3) is 0 Å². The van der Waals surface area contributed by atoms with Crippen LogP contribution in [-0.2, 0) is 9.53 Å². The molecule has 1 saturated carbocycles. The minimum Gasteiger partial charge on any atom is -0.379 e. The highest BCUT2D eigenvalue weighted by Crippen LogP contribution is 2.35. The predicted molar refractivity (Wildman–Crippen MR) is 139 cm³/mol. The van der Waals surface area contributed by atoms with Gasteiger partial charge in [0.15, 0.2) is 0 Å². The summed E-state index contributed by atoms with van der Waals surface area (Å²) in [5, 5.41) is 5.26. The highest BCUT2D eigenvalue weighted by atomic mass is 32.2. The van der Waals surface area contributed by atoms with Crippen molar-refractivity contribution in [1.82, 2.24) is 9.88 Å². The van der Waals surface area contributed by atoms with Crippen LogP contribution >= 0.6 is 11.8 Å². The van der Waals surface area contributed by atoms with E-state index in [1.54, 1.807) is 11.8 Å². The summed E-state index contributed by atoms with van der Waals surface area (Å²) in [7, 11) is 0. The van der Waals surface area contributed by atoms with Crippen molar-refractivity contribution in [2.45, 2.75) is 52.5 Å². The Bertz CT molecular complexity index is 1050. The summed E-state index contributed by atoms with van der Waals surface area (Å²) in [5.74, 6) is 0.786. The first-order chi connectivity index (χ1) is 15.9. The quantitative estimate of drug-likeness (QED) is 0.567. The fraction of sp³-hybridized carbons (Fsp3) is 0.481. The zero-order chi connectivity index (χ0) is 23.4. The van der Waals surface area contributed by atoms with E-state index in [0.29, 0.717) is 11.9 Å². The summed E-state index contributed by atoms with van der Waals surface area (Å²) in [4.78, 5) is 22.3. The highest BCUT2D eigenvalue weighted by molar-refractivity contribution is 8.11. The minimum absolute atomic E-state index is 0.0628. The molecule has 1 aliphatic carbocycles. The Morgan fingerprint density at radius 3 is 2.64 bits per heavy atom. The number of carbonyl (C=O) groups is 1. The fourth-order valence-corrected chi connectivity index (χ4v) is 5.60. The SMILES string of the molecule is C=C(S/C(C)=C\C)c1cc(C)c2cnc(NC(=O)C3CCC(N4CCOCC4)CC3)cc2c1. The van der Waals surface area contributed by atoms with Gasteiger partial charge in [-0.3, -0.25) is 9.69 Å². The lowest BCUT2D eigenvalue weighted by atomic mass is 9.84. The molecule has 2 heterocycles. The maximum atomic E-state index is 13.0. The first kappa shape index (κ1) is 24.0. The van der Waals surface area contributed by atoms with Crippen molar-refractivity contribution in [1.29, 1.82) is 0 Å². The Labute approximate surface area is 201 Å². The Kier molecular flexibility index (Phi) is 7.89. The van der Waals surface area contributed by atoms with E-state index in [1.165, 1.54) is 4.91 Å². The summed E-state index contributed by atoms with van der Waals surface area (Å²) in [6.45, 7) is 14.2. The number of carbonyl (C=O) groups excluding carboxylic acids is 1. The van der Waals surface area contributed by atoms with Gasteiger partial charge in [0.1, 0.15) is 5.82 Å². The average molecular weight is 466 g/mol. The lowest BCUT2D eigenvalue weighted by Gasteiger charge is -2.38. The summed E-state index contributed by atoms with van der Waals surface area (Å²) >= 11 is 1.68. The van der Waals surface area contributed by atoms with Crippen LogP contribution < -0.4 is 5.32 Å². The first-order valence-corrected chi connectivity index (χ1v) is 12.8. The summed E-state index contributed by atoms with van der Waals surface area (Å²) in [6, 6.07) is 6.89. The lowest BCUT2D eigenvalue weighted by Crippen LogP contribution is -2.45. The van der Waals surface area contributed by atoms with E-state index < -0.39 is 0 Å². The van der Waals surface area contributed by atoms with E-state index in [2.05, 4.69) is 53.8 Å². The van der Waals surface area contributed by atoms with Crippen LogP contribution in [0.2, 0.25) is 0 Å². The number of nitrogens with zero attached hydrogens (tertiary/aromatic N) is 2. The third-order valence-corrected chi connectivity index (χ3v) is 7.98. The molecule has 0 radical (unpaired) electrons. The minimum atomic E-state index is 0.0628. The van der Waals surface area contributed by atoms with Crippen molar-refractivity contribution < 1.29 is 9.53 Å². The second-order valence-electron chi connectivity index (χ2n) is 9.15. The number of allylic oxidation sites excluding steroid dienone is 2. The van der Waals surface area contributed by atoms with Crippen molar-refractivity contribution in [3.8, 4) is 0 Å². The lowest BCUT2D eigenvalue weighted by molar-refractivity contribution is -0.121. The van der Waals surface area contributed by atoms with Crippen LogP contribution in [0.5, 0.6) is 0 Å². The molecule has 33 heavy (non-hydrogen) atoms. The zero-order valence-electron chi connectivity index (χ0n) is 20.0. The molecule has 5 nitrogen and oxygen atoms in total. The molecule has 6 heteroatoms. The Hall–Kier alpha value is -2.15. The molecule has 2 aliphatic rings. The Balaban J connectivity index is 1.42. The predicted octanol–water partition coefficient (Wildman–Crippen LogP) is 6.00. The first-order valence-electron chi connectivity index (χ1n) is 12.0. The Morgan fingerprint density at radius 1 is 1.21 bits per heavy atom. The number of fused-ring (bicyclic) bond motifs is 1. The van der Waals surface area contributed by atoms with Crippen LogP contribution in [0.15, 0.2) is 42.0 Å². The topological polar surface area (TPSA) is 54.5 Å². The molecule has 2 fully saturated rings. The van der Waals surface area contributed by atoms with Crippen LogP contribution in [0.3, 0.4) is 0 Å². The van der Waals surface area contributed by atoms with Gasteiger partial charge in [0.2, 0.25) is 5.91 Å². The van der Waals surface area contributed by atoms with Gasteiger partial charge in [0.05, 0.1) is 13.2 Å². The molecule has 1 aliphatic heterocycles. The van der Waals surface area contributed by atoms with Crippen LogP contribution in [0.1, 0.15) is 50.7 Å². The molecule has 1 saturated heterocycles. The summed E-state index contributed by atoms with van der Waals surface area (Å²) in [6.07, 6.45) is 7.99. The molecule has 0 spiro atoms. The maximum absolute atomic E-state index is 13.0. The average Bonchev–Trinajstić information content (AvgIpc) is 2.84. The number of nitrogens with one attached hydrogen (secondary N) is 1. The van der Waals surface area contributed by atoms with E-state index in [1.807, 2.05) is 19.2 Å². The fourth-order valence-electron chi connectivity index (χ4n) is 4.86. The van der Waals surface area contributed by atoms with Crippen LogP contribution in [-0.4, -0.2) is 48.1 Å². The third kappa shape index (κ3) is 5.86. The normalized spacial score (nSPS) is 22.3. The second-order valence-corrected chi connectivity index (χ2v) is 10.5. The number of benzene rings is 1. The van der Waals surface area contributed by atoms with Gasteiger partial charge in [-0.05, 0) is 80.0 Å². The van der Waals surface area contributed by atoms with E-state index in [0.717, 1.165) is 78.8 Å². The van der Waals surface area contributed by atoms with Crippen molar-refractivity contribution in [2.75, 3.05) is 31.6 Å². The highest BCUT2D eigenvalue weighted by Gasteiger charge is 2.30. The number of ether oxygens (including phenoxy) is 1. The number of morpholine rings is 1. The molecule has 4 rings (SSSR count). The number of pyridine rings is 1. The standard InChI is InChI=1S/C27H35N3O2S/c1-5-19(3)33-20(4)22-14-18(2)25-17-28-26(16-23(25)15-22)29-27(31)21-6-8-24(9-7-21)30-10-12-32-13-11-30/h5,14-17,21,24H,4,6-13H2,1-3H3,(H,28,29,31)/b19-5-. The van der Waals surface area contributed by atoms with E-state index in [9.17, 15) is 4.79 Å². The van der Waals surface area contributed by atoms with Crippen molar-refractivity contribution in [3.05, 3.63) is 53.1 Å². The molecule has 1 N–H and O–H groups in total. The molecular weight excluding hydrogens is 430 g/mol. The molecule has 0 unspecified atom stereocenters. The number of thioether (sulfide) groups is 1. The molecule has 0 atom stereocenters. The second kappa shape index (κ2) is 10.9. The molecule has 0 bridgehead atoms. The van der Waals surface area contributed by atoms with Crippen molar-refractivity contribution >= 4 is 39.2 Å². The van der Waals surface area contributed by atoms with Crippen molar-refractivity contribution in [2.24, 2.45) is 5.92 Å². The monoisotopic (exact) mass is 465 g/mol. The molecule has 1 aromatic heterocycles. The van der Waals surface area contributed by atoms with Crippen LogP contribution in [0.25, 0.3) is 15.7 Å². The molecule has 1 aromatic carbocycles. The summed E-state index contributed by atoms with van der Waals surface area (Å²) < 4.78 is 5.48. The van der Waals surface area contributed by atoms with Crippen LogP contribution in [0, 0.1) is 12.8 Å². The van der Waals surface area contributed by atoms with Gasteiger partial charge < -0.3 is 10.1 Å². The van der Waals surface area contributed by atoms with E-state index in [-0.39, 0.29) is 11.8 Å². The number of amides is 1. The third-order valence-electron chi connectivity index (χ3n) is 6.94. The van der Waals surface area contributed by atoms with Gasteiger partial charge in [-0.1, -0.05) is 30.5 Å². The molecule has 176 valence electrons. The smallest absolute Gasteiger partial charge is 0.228 e. The van der Waals surface area contributed by atoms with Gasteiger partial charge in [-0.25, -0.2) is 4.98 Å². The largest absolute Gasteiger partial charge is 0.379 e. The van der Waals surface area contributed by atoms with Gasteiger partial charge in [-0.2, -0.15) is 0 Å². The maximum Gasteiger partial charge on any atom is 0.228 e. The number of hydrogen-bond donors (Lipinski definition) is 1. The number of rotatable bonds is 6. The van der Waals surface area contributed by atoms with E-state index in [4.69, 9.17) is 4.74 Å². The Morgan fingerprint density at radius 2 is 1.94 bits per heavy atom. The van der Waals surface area contributed by atoms with Gasteiger partial charge in [0, 0.05) is 41.5 Å². The molecule has 1 amide bonds. The van der Waals surface area contributed by atoms with Crippen LogP contribution in [0.4, 0.5) is 5.82 Å². The number of aromatic nitrogens is 1. The number of anilines is 1. The number of aryl methyl sites for hydroxylation is 1. The zero-order valence-corrected chi connectivity index (χ0v) is 20.8. The van der Waals surface area contributed by atoms with Gasteiger partial charge in [-0.15, -0.1) is 0 Å². The van der Waals surface area contributed by atoms with Crippen molar-refractivity contribution in [3.63, 3.8) is 0 Å². The molecule has 2 aromatic rings. The summed E-state index contributed by atoms with van der Waals surface area (Å²) in [5.41, 5.74) is 2.27. The van der Waals surface area contributed by atoms with E-state index >= 15 is 0 Å². The molecular formula is C27H35N3O2S. The number of hydrogen-bond acceptors (Lipinski definition) is 5. The van der Waals surface area contributed by atoms with Gasteiger partial charge >= 0.3 is 0 Å².